The van der Waals surface area contributed by atoms with Crippen molar-refractivity contribution in [2.24, 2.45) is 11.7 Å². The summed E-state index contributed by atoms with van der Waals surface area (Å²) in [5.74, 6) is 2.17. The molecule has 2 N–H and O–H groups in total. The van der Waals surface area contributed by atoms with Gasteiger partial charge in [0, 0.05) is 0 Å². The van der Waals surface area contributed by atoms with E-state index < -0.39 is 0 Å². The number of ether oxygens (including phenoxy) is 1. The lowest BCUT2D eigenvalue weighted by molar-refractivity contribution is 0.122. The van der Waals surface area contributed by atoms with Crippen molar-refractivity contribution >= 4 is 0 Å². The predicted molar refractivity (Wildman–Crippen MR) is 56.7 cm³/mol. The first-order valence-corrected chi connectivity index (χ1v) is 5.94. The molecule has 1 saturated carbocycles. The molecule has 5 nitrogen and oxygen atoms in total. The van der Waals surface area contributed by atoms with Gasteiger partial charge in [-0.3, -0.25) is 0 Å². The van der Waals surface area contributed by atoms with Crippen LogP contribution in [0.4, 0.5) is 0 Å². The van der Waals surface area contributed by atoms with E-state index in [0.717, 1.165) is 6.42 Å². The molecule has 5 heteroatoms. The van der Waals surface area contributed by atoms with Gasteiger partial charge in [-0.2, -0.15) is 4.98 Å². The van der Waals surface area contributed by atoms with Gasteiger partial charge in [0.15, 0.2) is 5.82 Å². The highest BCUT2D eigenvalue weighted by Gasteiger charge is 2.34. The monoisotopic (exact) mass is 223 g/mol. The molecule has 3 rings (SSSR count). The van der Waals surface area contributed by atoms with Crippen molar-refractivity contribution in [2.75, 3.05) is 6.61 Å². The van der Waals surface area contributed by atoms with Crippen molar-refractivity contribution in [1.82, 2.24) is 10.1 Å². The van der Waals surface area contributed by atoms with Gasteiger partial charge in [-0.1, -0.05) is 5.16 Å². The van der Waals surface area contributed by atoms with Crippen LogP contribution in [0.3, 0.4) is 0 Å². The molecule has 16 heavy (non-hydrogen) atoms. The molecule has 3 unspecified atom stereocenters. The van der Waals surface area contributed by atoms with Crippen LogP contribution in [0.5, 0.6) is 0 Å². The second-order valence-electron chi connectivity index (χ2n) is 4.93. The Bertz CT molecular complexity index is 375. The van der Waals surface area contributed by atoms with Crippen molar-refractivity contribution < 1.29 is 9.26 Å². The van der Waals surface area contributed by atoms with Crippen molar-refractivity contribution in [3.8, 4) is 0 Å². The molecule has 1 aliphatic carbocycles. The number of rotatable bonds is 3. The van der Waals surface area contributed by atoms with Crippen LogP contribution in [-0.4, -0.2) is 22.9 Å². The minimum absolute atomic E-state index is 0.0442. The summed E-state index contributed by atoms with van der Waals surface area (Å²) < 4.78 is 10.8. The second-order valence-corrected chi connectivity index (χ2v) is 4.93. The van der Waals surface area contributed by atoms with Crippen LogP contribution in [0.1, 0.15) is 49.9 Å². The molecular weight excluding hydrogens is 206 g/mol. The highest BCUT2D eigenvalue weighted by molar-refractivity contribution is 5.03. The lowest BCUT2D eigenvalue weighted by atomic mass is 10.1. The second kappa shape index (κ2) is 3.82. The summed E-state index contributed by atoms with van der Waals surface area (Å²) >= 11 is 0. The topological polar surface area (TPSA) is 74.2 Å². The van der Waals surface area contributed by atoms with Crippen molar-refractivity contribution in [3.63, 3.8) is 0 Å². The van der Waals surface area contributed by atoms with E-state index in [2.05, 4.69) is 17.1 Å². The lowest BCUT2D eigenvalue weighted by Crippen LogP contribution is -2.14. The zero-order chi connectivity index (χ0) is 11.1. The van der Waals surface area contributed by atoms with Gasteiger partial charge in [-0.15, -0.1) is 0 Å². The molecule has 1 saturated heterocycles. The minimum atomic E-state index is -0.0442. The average molecular weight is 223 g/mol. The molecule has 3 atom stereocenters. The molecule has 0 bridgehead atoms. The fourth-order valence-corrected chi connectivity index (χ4v) is 2.20. The van der Waals surface area contributed by atoms with Crippen LogP contribution >= 0.6 is 0 Å². The molecule has 1 aromatic rings. The Morgan fingerprint density at radius 2 is 2.25 bits per heavy atom. The van der Waals surface area contributed by atoms with Crippen LogP contribution in [0.15, 0.2) is 4.52 Å². The summed E-state index contributed by atoms with van der Waals surface area (Å²) in [6.45, 7) is 2.74. The van der Waals surface area contributed by atoms with E-state index in [4.69, 9.17) is 15.0 Å². The molecular formula is C11H17N3O2. The molecule has 0 radical (unpaired) electrons. The normalized spacial score (nSPS) is 31.9. The van der Waals surface area contributed by atoms with E-state index in [1.165, 1.54) is 12.8 Å². The van der Waals surface area contributed by atoms with Crippen LogP contribution in [-0.2, 0) is 4.74 Å². The van der Waals surface area contributed by atoms with Gasteiger partial charge >= 0.3 is 0 Å². The maximum Gasteiger partial charge on any atom is 0.232 e. The van der Waals surface area contributed by atoms with E-state index in [1.54, 1.807) is 0 Å². The van der Waals surface area contributed by atoms with E-state index in [1.807, 2.05) is 0 Å². The summed E-state index contributed by atoms with van der Waals surface area (Å²) in [4.78, 5) is 4.41. The zero-order valence-corrected chi connectivity index (χ0v) is 9.43. The van der Waals surface area contributed by atoms with Crippen molar-refractivity contribution in [1.29, 1.82) is 0 Å². The fraction of sp³-hybridized carbons (Fsp3) is 0.818. The first-order chi connectivity index (χ1) is 7.74. The third kappa shape index (κ3) is 1.85. The smallest absolute Gasteiger partial charge is 0.232 e. The Morgan fingerprint density at radius 3 is 2.88 bits per heavy atom. The Labute approximate surface area is 94.3 Å². The largest absolute Gasteiger partial charge is 0.378 e. The third-order valence-electron chi connectivity index (χ3n) is 3.43. The number of aromatic nitrogens is 2. The molecule has 2 aliphatic rings. The Kier molecular flexibility index (Phi) is 2.44. The molecule has 1 aromatic heterocycles. The summed E-state index contributed by atoms with van der Waals surface area (Å²) in [7, 11) is 0. The van der Waals surface area contributed by atoms with Gasteiger partial charge in [-0.25, -0.2) is 0 Å². The molecule has 2 fully saturated rings. The number of hydrogen-bond acceptors (Lipinski definition) is 5. The van der Waals surface area contributed by atoms with Crippen LogP contribution in [0.2, 0.25) is 0 Å². The van der Waals surface area contributed by atoms with Crippen LogP contribution in [0, 0.1) is 5.92 Å². The minimum Gasteiger partial charge on any atom is -0.378 e. The quantitative estimate of drug-likeness (QED) is 0.837. The molecule has 2 heterocycles. The van der Waals surface area contributed by atoms with E-state index in [-0.39, 0.29) is 18.1 Å². The van der Waals surface area contributed by atoms with Gasteiger partial charge in [-0.05, 0) is 32.1 Å². The SMILES string of the molecule is CC1CC(c2nc(C(N)C3CC3)no2)CO1. The molecule has 0 spiro atoms. The average Bonchev–Trinajstić information content (AvgIpc) is 2.84. The summed E-state index contributed by atoms with van der Waals surface area (Å²) in [6, 6.07) is -0.0442. The molecule has 0 amide bonds. The van der Waals surface area contributed by atoms with Crippen molar-refractivity contribution in [2.45, 2.75) is 44.2 Å². The lowest BCUT2D eigenvalue weighted by Gasteiger charge is -2.02. The Morgan fingerprint density at radius 1 is 1.44 bits per heavy atom. The van der Waals surface area contributed by atoms with Gasteiger partial charge in [0.1, 0.15) is 0 Å². The predicted octanol–water partition coefficient (Wildman–Crippen LogP) is 1.37. The fourth-order valence-electron chi connectivity index (χ4n) is 2.20. The maximum absolute atomic E-state index is 6.02. The van der Waals surface area contributed by atoms with Gasteiger partial charge < -0.3 is 15.0 Å². The maximum atomic E-state index is 6.02. The first-order valence-electron chi connectivity index (χ1n) is 5.94. The van der Waals surface area contributed by atoms with Crippen LogP contribution in [0.25, 0.3) is 0 Å². The zero-order valence-electron chi connectivity index (χ0n) is 9.43. The van der Waals surface area contributed by atoms with Crippen LogP contribution < -0.4 is 5.73 Å². The van der Waals surface area contributed by atoms with Crippen molar-refractivity contribution in [3.05, 3.63) is 11.7 Å². The van der Waals surface area contributed by atoms with Gasteiger partial charge in [0.2, 0.25) is 5.89 Å². The summed E-state index contributed by atoms with van der Waals surface area (Å²) in [6.07, 6.45) is 3.63. The first kappa shape index (κ1) is 10.2. The number of nitrogens with zero attached hydrogens (tertiary/aromatic N) is 2. The van der Waals surface area contributed by atoms with Gasteiger partial charge in [0.25, 0.3) is 0 Å². The third-order valence-corrected chi connectivity index (χ3v) is 3.43. The number of hydrogen-bond donors (Lipinski definition) is 1. The Balaban J connectivity index is 1.72. The molecule has 88 valence electrons. The number of nitrogens with two attached hydrogens (primary N) is 1. The van der Waals surface area contributed by atoms with E-state index >= 15 is 0 Å². The molecule has 0 aromatic carbocycles. The van der Waals surface area contributed by atoms with E-state index in [0.29, 0.717) is 24.2 Å². The molecule has 1 aliphatic heterocycles. The standard InChI is InChI=1S/C11H17N3O2/c1-6-4-8(5-15-6)11-13-10(14-16-11)9(12)7-2-3-7/h6-9H,2-5,12H2,1H3. The Hall–Kier alpha value is -0.940. The highest BCUT2D eigenvalue weighted by Crippen LogP contribution is 2.39. The van der Waals surface area contributed by atoms with Gasteiger partial charge in [0.05, 0.1) is 24.7 Å². The highest BCUT2D eigenvalue weighted by atomic mass is 16.5. The van der Waals surface area contributed by atoms with E-state index in [9.17, 15) is 0 Å². The summed E-state index contributed by atoms with van der Waals surface area (Å²) in [5, 5.41) is 3.98. The summed E-state index contributed by atoms with van der Waals surface area (Å²) in [5.41, 5.74) is 6.02.